The van der Waals surface area contributed by atoms with E-state index in [4.69, 9.17) is 50.7 Å². The van der Waals surface area contributed by atoms with E-state index in [2.05, 4.69) is 5.92 Å². The average Bonchev–Trinajstić information content (AvgIpc) is 3.18. The van der Waals surface area contributed by atoms with Gasteiger partial charge in [-0.3, -0.25) is 4.79 Å². The molecule has 0 bridgehead atoms. The van der Waals surface area contributed by atoms with Crippen molar-refractivity contribution in [3.05, 3.63) is 46.5 Å². The van der Waals surface area contributed by atoms with Crippen LogP contribution in [0.4, 0.5) is 0 Å². The molecule has 1 aliphatic rings. The van der Waals surface area contributed by atoms with E-state index in [-0.39, 0.29) is 27.5 Å². The fourth-order valence-electron chi connectivity index (χ4n) is 2.96. The Morgan fingerprint density at radius 1 is 1.39 bits per heavy atom. The van der Waals surface area contributed by atoms with Gasteiger partial charge in [0.2, 0.25) is 6.10 Å². The maximum absolute atomic E-state index is 12.5. The maximum atomic E-state index is 12.5. The molecule has 0 N–H and O–H groups in total. The van der Waals surface area contributed by atoms with Gasteiger partial charge in [0, 0.05) is 5.03 Å². The van der Waals surface area contributed by atoms with Crippen molar-refractivity contribution in [3.8, 4) is 24.2 Å². The van der Waals surface area contributed by atoms with Crippen LogP contribution in [0.1, 0.15) is 19.4 Å². The summed E-state index contributed by atoms with van der Waals surface area (Å²) in [6, 6.07) is 8.81. The van der Waals surface area contributed by atoms with Crippen molar-refractivity contribution in [3.63, 3.8) is 0 Å². The van der Waals surface area contributed by atoms with Crippen molar-refractivity contribution in [2.24, 2.45) is 17.3 Å². The van der Waals surface area contributed by atoms with Crippen molar-refractivity contribution >= 4 is 45.8 Å². The highest BCUT2D eigenvalue weighted by Gasteiger charge is 2.61. The summed E-state index contributed by atoms with van der Waals surface area (Å²) in [7, 11) is 0. The summed E-state index contributed by atoms with van der Waals surface area (Å²) in [4.78, 5) is 12.5. The van der Waals surface area contributed by atoms with Crippen LogP contribution in [0.3, 0.4) is 0 Å². The van der Waals surface area contributed by atoms with E-state index in [0.717, 1.165) is 0 Å². The van der Waals surface area contributed by atoms with Gasteiger partial charge in [-0.15, -0.1) is 6.42 Å². The number of nitriles is 1. The third-order valence-corrected chi connectivity index (χ3v) is 5.17. The summed E-state index contributed by atoms with van der Waals surface area (Å²) >= 11 is 17.7. The number of hydrogen-bond acceptors (Lipinski definition) is 4. The molecule has 28 heavy (non-hydrogen) atoms. The second-order valence-electron chi connectivity index (χ2n) is 6.80. The Labute approximate surface area is 179 Å². The molecule has 0 aromatic heterocycles. The van der Waals surface area contributed by atoms with Gasteiger partial charge >= 0.3 is 5.97 Å². The summed E-state index contributed by atoms with van der Waals surface area (Å²) in [6.07, 6.45) is 7.02. The third kappa shape index (κ3) is 5.46. The van der Waals surface area contributed by atoms with Crippen LogP contribution in [0.15, 0.2) is 40.9 Å². The molecule has 1 aromatic carbocycles. The summed E-state index contributed by atoms with van der Waals surface area (Å²) in [5, 5.41) is 9.60. The first-order chi connectivity index (χ1) is 13.2. The number of rotatable bonds is 7. The van der Waals surface area contributed by atoms with E-state index in [1.807, 2.05) is 19.9 Å². The summed E-state index contributed by atoms with van der Waals surface area (Å²) < 4.78 is 10.8. The highest BCUT2D eigenvalue weighted by Crippen LogP contribution is 2.60. The molecular formula is C21H18Cl3NO3. The average molecular weight is 439 g/mol. The van der Waals surface area contributed by atoms with E-state index in [1.54, 1.807) is 30.3 Å². The number of terminal acetylenes is 1. The van der Waals surface area contributed by atoms with Crippen LogP contribution < -0.4 is 4.74 Å². The molecule has 1 saturated carbocycles. The molecule has 0 radical (unpaired) electrons. The van der Waals surface area contributed by atoms with E-state index in [9.17, 15) is 10.1 Å². The van der Waals surface area contributed by atoms with Crippen molar-refractivity contribution in [2.45, 2.75) is 20.0 Å². The number of carbonyl (C=O) groups excluding carboxylic acids is 1. The number of esters is 1. The molecule has 7 heteroatoms. The first-order valence-electron chi connectivity index (χ1n) is 8.37. The number of nitrogens with zero attached hydrogens (tertiary/aromatic N) is 1. The third-order valence-electron chi connectivity index (χ3n) is 4.57. The van der Waals surface area contributed by atoms with Crippen LogP contribution in [0.25, 0.3) is 5.03 Å². The SMILES string of the molecule is C#CCOc1cccc(C(Cl)=CC(C#N)OC(=O)C2C(C=C(Cl)Cl)C2(C)C)c1. The number of carbonyl (C=O) groups is 1. The number of benzene rings is 1. The van der Waals surface area contributed by atoms with Crippen LogP contribution in [-0.4, -0.2) is 18.7 Å². The van der Waals surface area contributed by atoms with Gasteiger partial charge in [0.25, 0.3) is 0 Å². The molecule has 1 aromatic rings. The lowest BCUT2D eigenvalue weighted by Gasteiger charge is -2.10. The van der Waals surface area contributed by atoms with Gasteiger partial charge in [0.1, 0.15) is 22.9 Å². The zero-order valence-corrected chi connectivity index (χ0v) is 17.6. The lowest BCUT2D eigenvalue weighted by Crippen LogP contribution is -2.18. The molecule has 1 aliphatic carbocycles. The molecular weight excluding hydrogens is 421 g/mol. The molecule has 4 nitrogen and oxygen atoms in total. The van der Waals surface area contributed by atoms with Gasteiger partial charge in [-0.05, 0) is 41.2 Å². The quantitative estimate of drug-likeness (QED) is 0.428. The van der Waals surface area contributed by atoms with Crippen molar-refractivity contribution in [1.82, 2.24) is 0 Å². The molecule has 0 spiro atoms. The second kappa shape index (κ2) is 9.39. The smallest absolute Gasteiger partial charge is 0.311 e. The predicted molar refractivity (Wildman–Crippen MR) is 111 cm³/mol. The Hall–Kier alpha value is -2.11. The summed E-state index contributed by atoms with van der Waals surface area (Å²) in [6.45, 7) is 3.94. The zero-order chi connectivity index (χ0) is 20.9. The topological polar surface area (TPSA) is 59.3 Å². The van der Waals surface area contributed by atoms with E-state index >= 15 is 0 Å². The molecule has 2 rings (SSSR count). The van der Waals surface area contributed by atoms with E-state index < -0.39 is 18.0 Å². The molecule has 0 heterocycles. The van der Waals surface area contributed by atoms with Gasteiger partial charge in [-0.25, -0.2) is 0 Å². The van der Waals surface area contributed by atoms with Crippen LogP contribution in [-0.2, 0) is 9.53 Å². The Balaban J connectivity index is 2.10. The van der Waals surface area contributed by atoms with Gasteiger partial charge in [0.05, 0.1) is 5.92 Å². The molecule has 0 amide bonds. The van der Waals surface area contributed by atoms with Gasteiger partial charge in [-0.1, -0.05) is 66.7 Å². The zero-order valence-electron chi connectivity index (χ0n) is 15.3. The van der Waals surface area contributed by atoms with Crippen molar-refractivity contribution < 1.29 is 14.3 Å². The highest BCUT2D eigenvalue weighted by molar-refractivity contribution is 6.55. The Kier molecular flexibility index (Phi) is 7.44. The normalized spacial score (nSPS) is 20.9. The van der Waals surface area contributed by atoms with Gasteiger partial charge in [-0.2, -0.15) is 5.26 Å². The fraction of sp³-hybridized carbons (Fsp3) is 0.333. The number of halogens is 3. The van der Waals surface area contributed by atoms with Gasteiger partial charge < -0.3 is 9.47 Å². The van der Waals surface area contributed by atoms with Gasteiger partial charge in [0.15, 0.2) is 0 Å². The lowest BCUT2D eigenvalue weighted by atomic mass is 10.1. The minimum absolute atomic E-state index is 0.0973. The van der Waals surface area contributed by atoms with Crippen molar-refractivity contribution in [2.75, 3.05) is 6.61 Å². The number of allylic oxidation sites excluding steroid dienone is 1. The Morgan fingerprint density at radius 3 is 2.71 bits per heavy atom. The maximum Gasteiger partial charge on any atom is 0.311 e. The van der Waals surface area contributed by atoms with E-state index in [0.29, 0.717) is 11.3 Å². The second-order valence-corrected chi connectivity index (χ2v) is 8.22. The molecule has 0 aliphatic heterocycles. The Morgan fingerprint density at radius 2 is 2.11 bits per heavy atom. The standard InChI is InChI=1S/C21H18Cl3NO3/c1-4-8-27-14-7-5-6-13(9-14)17(22)10-15(12-25)28-20(26)19-16(11-18(23)24)21(19,2)3/h1,5-7,9-11,15-16,19H,8H2,2-3H3. The lowest BCUT2D eigenvalue weighted by molar-refractivity contribution is -0.147. The number of hydrogen-bond donors (Lipinski definition) is 0. The van der Waals surface area contributed by atoms with Crippen LogP contribution >= 0.6 is 34.8 Å². The first kappa shape index (κ1) is 22.2. The molecule has 3 unspecified atom stereocenters. The van der Waals surface area contributed by atoms with Crippen molar-refractivity contribution in [1.29, 1.82) is 5.26 Å². The fourth-order valence-corrected chi connectivity index (χ4v) is 3.46. The molecule has 0 saturated heterocycles. The largest absolute Gasteiger partial charge is 0.481 e. The summed E-state index contributed by atoms with van der Waals surface area (Å²) in [5.74, 6) is 1.84. The minimum atomic E-state index is -1.14. The first-order valence-corrected chi connectivity index (χ1v) is 9.51. The highest BCUT2D eigenvalue weighted by atomic mass is 35.5. The predicted octanol–water partition coefficient (Wildman–Crippen LogP) is 5.30. The van der Waals surface area contributed by atoms with Crippen LogP contribution in [0, 0.1) is 40.9 Å². The monoisotopic (exact) mass is 437 g/mol. The summed E-state index contributed by atoms with van der Waals surface area (Å²) in [5.41, 5.74) is 0.261. The Bertz CT molecular complexity index is 889. The molecule has 3 atom stereocenters. The minimum Gasteiger partial charge on any atom is -0.481 e. The van der Waals surface area contributed by atoms with Crippen LogP contribution in [0.5, 0.6) is 5.75 Å². The van der Waals surface area contributed by atoms with Crippen LogP contribution in [0.2, 0.25) is 0 Å². The molecule has 1 fully saturated rings. The van der Waals surface area contributed by atoms with E-state index in [1.165, 1.54) is 6.08 Å². The number of ether oxygens (including phenoxy) is 2. The molecule has 146 valence electrons.